The Morgan fingerprint density at radius 2 is 0.738 bits per heavy atom. The lowest BCUT2D eigenvalue weighted by Gasteiger charge is -2.28. The Bertz CT molecular complexity index is 1240. The number of carbonyl (C=O) groups is 2. The number of phenols is 2. The number of aliphatic hydroxyl groups excluding tert-OH is 2. The van der Waals surface area contributed by atoms with Crippen molar-refractivity contribution < 1.29 is 30.0 Å². The van der Waals surface area contributed by atoms with Crippen molar-refractivity contribution in [2.45, 2.75) is 105 Å². The minimum atomic E-state index is -0.992. The molecular formula is C34H48N2O6. The predicted molar refractivity (Wildman–Crippen MR) is 169 cm³/mol. The van der Waals surface area contributed by atoms with Crippen molar-refractivity contribution in [1.82, 2.24) is 10.9 Å². The number of carbonyl (C=O) groups excluding carboxylic acids is 2. The zero-order chi connectivity index (χ0) is 32.6. The molecule has 2 aromatic rings. The van der Waals surface area contributed by atoms with Crippen LogP contribution in [0.1, 0.15) is 116 Å². The highest BCUT2D eigenvalue weighted by Gasteiger charge is 2.28. The van der Waals surface area contributed by atoms with Gasteiger partial charge in [0.25, 0.3) is 0 Å². The van der Waals surface area contributed by atoms with E-state index in [0.717, 1.165) is 0 Å². The van der Waals surface area contributed by atoms with Crippen molar-refractivity contribution in [2.75, 3.05) is 0 Å². The Balaban J connectivity index is 2.32. The molecule has 0 aliphatic carbocycles. The molecule has 0 saturated carbocycles. The van der Waals surface area contributed by atoms with Crippen LogP contribution in [0.15, 0.2) is 35.8 Å². The maximum atomic E-state index is 12.6. The Morgan fingerprint density at radius 3 is 0.929 bits per heavy atom. The lowest BCUT2D eigenvalue weighted by molar-refractivity contribution is -0.127. The highest BCUT2D eigenvalue weighted by Crippen LogP contribution is 2.41. The van der Waals surface area contributed by atoms with Crippen LogP contribution in [0.5, 0.6) is 11.5 Å². The standard InChI is InChI=1S/C34H48N2O6/c1-31(2,3)21-13-19(14-22(27(21)39)32(4,5)6)17-25(37)29(41)35-36-30(42)26(38)18-20-15-23(33(7,8)9)28(40)24(16-20)34(10,11)12/h13-18,37-40H,1-12H3,(H,35,41)(H,36,42). The van der Waals surface area contributed by atoms with E-state index in [9.17, 15) is 30.0 Å². The molecule has 0 saturated heterocycles. The van der Waals surface area contributed by atoms with Crippen molar-refractivity contribution in [2.24, 2.45) is 0 Å². The molecule has 8 nitrogen and oxygen atoms in total. The number of nitrogens with one attached hydrogen (secondary N) is 2. The van der Waals surface area contributed by atoms with E-state index < -0.39 is 45.0 Å². The third-order valence-electron chi connectivity index (χ3n) is 6.86. The van der Waals surface area contributed by atoms with Crippen LogP contribution in [0, 0.1) is 0 Å². The zero-order valence-electron chi connectivity index (χ0n) is 27.1. The number of amides is 2. The highest BCUT2D eigenvalue weighted by atomic mass is 16.3. The van der Waals surface area contributed by atoms with Gasteiger partial charge < -0.3 is 20.4 Å². The molecule has 42 heavy (non-hydrogen) atoms. The Morgan fingerprint density at radius 1 is 0.524 bits per heavy atom. The number of aliphatic hydroxyl groups is 2. The fourth-order valence-corrected chi connectivity index (χ4v) is 4.46. The second-order valence-electron chi connectivity index (χ2n) is 14.9. The fraction of sp³-hybridized carbons (Fsp3) is 0.471. The molecule has 0 bridgehead atoms. The van der Waals surface area contributed by atoms with Crippen LogP contribution in [-0.4, -0.2) is 32.2 Å². The number of hydrazine groups is 1. The van der Waals surface area contributed by atoms with Gasteiger partial charge in [0.15, 0.2) is 11.5 Å². The highest BCUT2D eigenvalue weighted by molar-refractivity contribution is 6.00. The molecule has 230 valence electrons. The van der Waals surface area contributed by atoms with E-state index in [1.807, 2.05) is 83.1 Å². The van der Waals surface area contributed by atoms with Crippen molar-refractivity contribution in [1.29, 1.82) is 0 Å². The van der Waals surface area contributed by atoms with E-state index in [-0.39, 0.29) is 11.5 Å². The van der Waals surface area contributed by atoms with Crippen LogP contribution in [0.4, 0.5) is 0 Å². The van der Waals surface area contributed by atoms with E-state index in [0.29, 0.717) is 33.4 Å². The van der Waals surface area contributed by atoms with Gasteiger partial charge in [0, 0.05) is 22.3 Å². The van der Waals surface area contributed by atoms with Crippen molar-refractivity contribution >= 4 is 24.0 Å². The van der Waals surface area contributed by atoms with Crippen LogP contribution in [0.3, 0.4) is 0 Å². The van der Waals surface area contributed by atoms with Gasteiger partial charge in [-0.15, -0.1) is 0 Å². The second kappa shape index (κ2) is 11.7. The normalized spacial score (nSPS) is 13.6. The van der Waals surface area contributed by atoms with Gasteiger partial charge in [0.1, 0.15) is 11.5 Å². The van der Waals surface area contributed by atoms with E-state index >= 15 is 0 Å². The molecule has 0 heterocycles. The summed E-state index contributed by atoms with van der Waals surface area (Å²) in [5.41, 5.74) is 6.26. The summed E-state index contributed by atoms with van der Waals surface area (Å²) in [5.74, 6) is -2.99. The summed E-state index contributed by atoms with van der Waals surface area (Å²) in [6.45, 7) is 23.5. The van der Waals surface area contributed by atoms with Gasteiger partial charge in [-0.25, -0.2) is 0 Å². The molecule has 2 rings (SSSR count). The first-order valence-corrected chi connectivity index (χ1v) is 14.0. The van der Waals surface area contributed by atoms with E-state index in [4.69, 9.17) is 0 Å². The summed E-state index contributed by atoms with van der Waals surface area (Å²) in [7, 11) is 0. The Kier molecular flexibility index (Phi) is 9.58. The summed E-state index contributed by atoms with van der Waals surface area (Å²) < 4.78 is 0. The van der Waals surface area contributed by atoms with E-state index in [1.54, 1.807) is 24.3 Å². The third kappa shape index (κ3) is 8.30. The number of hydrogen-bond donors (Lipinski definition) is 6. The maximum Gasteiger partial charge on any atom is 0.304 e. The minimum Gasteiger partial charge on any atom is -0.507 e. The number of aromatic hydroxyl groups is 2. The average molecular weight is 581 g/mol. The molecule has 0 aliphatic rings. The molecule has 8 heteroatoms. The quantitative estimate of drug-likeness (QED) is 0.132. The number of hydrogen-bond acceptors (Lipinski definition) is 6. The summed E-state index contributed by atoms with van der Waals surface area (Å²) in [4.78, 5) is 25.2. The Hall–Kier alpha value is -3.94. The van der Waals surface area contributed by atoms with Gasteiger partial charge >= 0.3 is 11.8 Å². The molecule has 2 aromatic carbocycles. The fourth-order valence-electron chi connectivity index (χ4n) is 4.46. The van der Waals surface area contributed by atoms with Crippen LogP contribution < -0.4 is 10.9 Å². The summed E-state index contributed by atoms with van der Waals surface area (Å²) in [5, 5.41) is 42.8. The lowest BCUT2D eigenvalue weighted by Crippen LogP contribution is -2.42. The molecule has 0 fully saturated rings. The average Bonchev–Trinajstić information content (AvgIpc) is 2.81. The largest absolute Gasteiger partial charge is 0.507 e. The first kappa shape index (κ1) is 34.3. The van der Waals surface area contributed by atoms with E-state index in [2.05, 4.69) is 10.9 Å². The van der Waals surface area contributed by atoms with E-state index in [1.165, 1.54) is 12.2 Å². The predicted octanol–water partition coefficient (Wildman–Crippen LogP) is 6.93. The smallest absolute Gasteiger partial charge is 0.304 e. The Labute approximate surface area is 250 Å². The molecule has 0 aromatic heterocycles. The van der Waals surface area contributed by atoms with Crippen LogP contribution in [-0.2, 0) is 31.2 Å². The minimum absolute atomic E-state index is 0.170. The zero-order valence-corrected chi connectivity index (χ0v) is 27.1. The SMILES string of the molecule is CC(C)(C)c1cc(C=C(O)C(=O)NNC(=O)C(O)=Cc2cc(C(C)(C)C)c(O)c(C(C)(C)C)c2)cc(C(C)(C)C)c1O. The molecule has 0 radical (unpaired) electrons. The molecule has 0 aliphatic heterocycles. The first-order valence-electron chi connectivity index (χ1n) is 14.0. The van der Waals surface area contributed by atoms with Crippen LogP contribution >= 0.6 is 0 Å². The number of rotatable bonds is 4. The molecule has 0 atom stereocenters. The van der Waals surface area contributed by atoms with Crippen molar-refractivity contribution in [3.05, 3.63) is 69.2 Å². The number of benzene rings is 2. The molecule has 6 N–H and O–H groups in total. The molecule has 0 unspecified atom stereocenters. The third-order valence-corrected chi connectivity index (χ3v) is 6.86. The van der Waals surface area contributed by atoms with Gasteiger partial charge in [-0.2, -0.15) is 0 Å². The summed E-state index contributed by atoms with van der Waals surface area (Å²) >= 11 is 0. The van der Waals surface area contributed by atoms with Gasteiger partial charge in [0.05, 0.1) is 0 Å². The summed E-state index contributed by atoms with van der Waals surface area (Å²) in [6, 6.07) is 6.82. The van der Waals surface area contributed by atoms with Gasteiger partial charge in [-0.3, -0.25) is 20.4 Å². The number of phenolic OH excluding ortho intramolecular Hbond substituents is 2. The lowest BCUT2D eigenvalue weighted by atomic mass is 9.78. The van der Waals surface area contributed by atoms with Gasteiger partial charge in [-0.05, 0) is 69.2 Å². The second-order valence-corrected chi connectivity index (χ2v) is 14.9. The summed E-state index contributed by atoms with van der Waals surface area (Å²) in [6.07, 6.45) is 2.50. The molecular weight excluding hydrogens is 532 g/mol. The van der Waals surface area contributed by atoms with Crippen LogP contribution in [0.2, 0.25) is 0 Å². The topological polar surface area (TPSA) is 139 Å². The van der Waals surface area contributed by atoms with Gasteiger partial charge in [0.2, 0.25) is 0 Å². The monoisotopic (exact) mass is 580 g/mol. The van der Waals surface area contributed by atoms with Gasteiger partial charge in [-0.1, -0.05) is 83.1 Å². The van der Waals surface area contributed by atoms with Crippen LogP contribution in [0.25, 0.3) is 12.2 Å². The van der Waals surface area contributed by atoms with Crippen molar-refractivity contribution in [3.8, 4) is 11.5 Å². The molecule has 2 amide bonds. The first-order chi connectivity index (χ1) is 18.8. The molecule has 0 spiro atoms. The van der Waals surface area contributed by atoms with Crippen molar-refractivity contribution in [3.63, 3.8) is 0 Å². The maximum absolute atomic E-state index is 12.6.